The summed E-state index contributed by atoms with van der Waals surface area (Å²) in [5.74, 6) is -3.05. The van der Waals surface area contributed by atoms with E-state index in [1.165, 1.54) is 52.4 Å². The Labute approximate surface area is 782 Å². The molecule has 6 rings (SSSR count). The monoisotopic (exact) mass is 1840 g/mol. The van der Waals surface area contributed by atoms with Gasteiger partial charge in [-0.05, 0) is 264 Å². The van der Waals surface area contributed by atoms with Gasteiger partial charge in [0.15, 0.2) is 16.2 Å². The number of nitrogens with zero attached hydrogens (tertiary/aromatic N) is 6. The first-order chi connectivity index (χ1) is 59.5. The molecule has 0 radical (unpaired) electrons. The number of carbonyl (C=O) groups is 6. The minimum atomic E-state index is -1.45. The predicted octanol–water partition coefficient (Wildman–Crippen LogP) is 20.5. The van der Waals surface area contributed by atoms with E-state index in [9.17, 15) is 49.6 Å². The van der Waals surface area contributed by atoms with Crippen LogP contribution in [0.15, 0.2) is 0 Å². The number of unbranched alkanes of at least 4 members (excludes halogenated alkanes) is 10. The number of carbonyl (C=O) groups excluding carboxylic acids is 6. The zero-order valence-corrected chi connectivity index (χ0v) is 87.8. The average Bonchev–Trinajstić information content (AvgIpc) is 0.767. The number of rotatable bonds is 48. The van der Waals surface area contributed by atoms with Gasteiger partial charge in [0.05, 0.1) is 38.6 Å². The molecule has 6 aliphatic heterocycles. The Hall–Kier alpha value is -3.78. The van der Waals surface area contributed by atoms with E-state index in [0.717, 1.165) is 51.4 Å². The molecular weight excluding hydrogens is 1650 g/mol. The first-order valence-electron chi connectivity index (χ1n) is 49.9. The molecule has 0 aromatic carbocycles. The second-order valence-electron chi connectivity index (χ2n) is 47.0. The Kier molecular flexibility index (Phi) is 45.6. The number of methoxy groups -OCH3 is 3. The fraction of sp³-hybridized carbons (Fsp3) is 0.941. The summed E-state index contributed by atoms with van der Waals surface area (Å²) in [6, 6.07) is 0. The molecule has 0 aromatic rings. The molecule has 0 aliphatic carbocycles. The summed E-state index contributed by atoms with van der Waals surface area (Å²) in [5, 5.41) is 48.4. The van der Waals surface area contributed by atoms with Crippen LogP contribution in [0.1, 0.15) is 418 Å². The van der Waals surface area contributed by atoms with Gasteiger partial charge >= 0.3 is 35.8 Å². The first-order valence-corrected chi connectivity index (χ1v) is 49.9. The fourth-order valence-corrected chi connectivity index (χ4v) is 22.2. The van der Waals surface area contributed by atoms with Gasteiger partial charge in [0.2, 0.25) is 0 Å². The Morgan fingerprint density at radius 2 is 0.442 bits per heavy atom. The van der Waals surface area contributed by atoms with E-state index >= 15 is 0 Å². The van der Waals surface area contributed by atoms with Crippen molar-refractivity contribution < 1.29 is 102 Å². The molecule has 0 amide bonds. The van der Waals surface area contributed by atoms with Crippen LogP contribution in [0.5, 0.6) is 0 Å². The average molecular weight is 1840 g/mol. The third kappa shape index (κ3) is 33.3. The Morgan fingerprint density at radius 3 is 0.682 bits per heavy atom. The predicted molar refractivity (Wildman–Crippen MR) is 506 cm³/mol. The number of hydrogen-bond donors (Lipinski definition) is 4. The minimum absolute atomic E-state index is 0.00169. The van der Waals surface area contributed by atoms with Gasteiger partial charge in [-0.2, -0.15) is 20.3 Å². The van der Waals surface area contributed by atoms with Crippen LogP contribution in [-0.4, -0.2) is 271 Å². The highest BCUT2D eigenvalue weighted by atomic mass is 16.6. The van der Waals surface area contributed by atoms with Crippen LogP contribution in [0.25, 0.3) is 0 Å². The zero-order valence-electron chi connectivity index (χ0n) is 87.8. The van der Waals surface area contributed by atoms with Crippen molar-refractivity contribution in [2.75, 3.05) is 81.7 Å². The highest BCUT2D eigenvalue weighted by Crippen LogP contribution is 2.49. The van der Waals surface area contributed by atoms with Gasteiger partial charge in [-0.3, -0.25) is 38.6 Å². The van der Waals surface area contributed by atoms with Gasteiger partial charge in [-0.1, -0.05) is 104 Å². The molecule has 129 heavy (non-hydrogen) atoms. The van der Waals surface area contributed by atoms with E-state index in [0.29, 0.717) is 174 Å². The number of ether oxygens (including phenoxy) is 11. The molecule has 27 nitrogen and oxygen atoms in total. The van der Waals surface area contributed by atoms with Gasteiger partial charge in [-0.25, -0.2) is 0 Å². The lowest BCUT2D eigenvalue weighted by atomic mass is 9.76. The van der Waals surface area contributed by atoms with E-state index < -0.39 is 115 Å². The second-order valence-corrected chi connectivity index (χ2v) is 47.0. The van der Waals surface area contributed by atoms with Crippen molar-refractivity contribution in [3.63, 3.8) is 0 Å². The second kappa shape index (κ2) is 50.0. The van der Waals surface area contributed by atoms with Crippen molar-refractivity contribution in [3.05, 3.63) is 0 Å². The summed E-state index contributed by atoms with van der Waals surface area (Å²) in [5.41, 5.74) is -8.73. The summed E-state index contributed by atoms with van der Waals surface area (Å²) in [4.78, 5) is 89.1. The summed E-state index contributed by atoms with van der Waals surface area (Å²) in [6.45, 7) is 57.9. The lowest BCUT2D eigenvalue weighted by Gasteiger charge is -2.53. The van der Waals surface area contributed by atoms with E-state index in [1.54, 1.807) is 21.3 Å². The highest BCUT2D eigenvalue weighted by Gasteiger charge is 2.58. The summed E-state index contributed by atoms with van der Waals surface area (Å²) >= 11 is 0. The van der Waals surface area contributed by atoms with Gasteiger partial charge in [-0.15, -0.1) is 0 Å². The quantitative estimate of drug-likeness (QED) is 0.0190. The van der Waals surface area contributed by atoms with Crippen molar-refractivity contribution in [1.29, 1.82) is 0 Å². The van der Waals surface area contributed by atoms with Crippen molar-refractivity contribution in [2.24, 2.45) is 16.2 Å². The van der Waals surface area contributed by atoms with Crippen LogP contribution >= 0.6 is 0 Å². The number of esters is 6. The largest absolute Gasteiger partial charge is 0.465 e. The molecule has 0 aromatic heterocycles. The van der Waals surface area contributed by atoms with Crippen molar-refractivity contribution in [1.82, 2.24) is 30.1 Å². The van der Waals surface area contributed by atoms with Gasteiger partial charge in [0.25, 0.3) is 0 Å². The molecule has 6 aliphatic rings. The number of hydrogen-bond acceptors (Lipinski definition) is 27. The Morgan fingerprint density at radius 1 is 0.248 bits per heavy atom. The van der Waals surface area contributed by atoms with E-state index in [4.69, 9.17) is 52.1 Å². The molecule has 0 bridgehead atoms. The molecule has 2 unspecified atom stereocenters. The molecular formula is C102H192N6O21. The summed E-state index contributed by atoms with van der Waals surface area (Å²) in [7, 11) is 9.16. The van der Waals surface area contributed by atoms with Crippen LogP contribution in [0.4, 0.5) is 0 Å². The molecule has 6 heterocycles. The number of likely N-dealkylation sites (tertiary alicyclic amines) is 2. The van der Waals surface area contributed by atoms with Crippen molar-refractivity contribution >= 4 is 35.8 Å². The first kappa shape index (κ1) is 118. The SMILES string of the molecule is CCCCC(CCCOC)(C(=O)OC1CC(C)(C)N(C)C(C)(C)C1)C(=O)OC1CC(C)(C)N(O)C(C)(C)C1.CCCCC(CCCOC)(C(=O)OCCCOC1CC(C)(C)N(C)C(C)(C)C1)C(=O)OCCCOC1CC(C)(C)N(O)C(C)(C)C1.CCCCCCCCCCCC(CCCOC)(C(=O)OC1CC(C)(C)N(O)C(C)(C)C1)C(=O)OC1CC(C)(C)N(O)C(C)(C)C1. The maximum Gasteiger partial charge on any atom is 0.323 e. The van der Waals surface area contributed by atoms with Gasteiger partial charge in [0, 0.05) is 172 Å². The smallest absolute Gasteiger partial charge is 0.323 e. The third-order valence-electron chi connectivity index (χ3n) is 29.6. The molecule has 2 atom stereocenters. The Bertz CT molecular complexity index is 3100. The molecule has 4 N–H and O–H groups in total. The van der Waals surface area contributed by atoms with E-state index in [2.05, 4.69) is 93.1 Å². The van der Waals surface area contributed by atoms with Crippen molar-refractivity contribution in [2.45, 2.75) is 521 Å². The number of hydroxylamine groups is 8. The normalized spacial score (nSPS) is 23.5. The van der Waals surface area contributed by atoms with Crippen LogP contribution in [0.3, 0.4) is 0 Å². The van der Waals surface area contributed by atoms with Crippen LogP contribution in [-0.2, 0) is 80.9 Å². The molecule has 6 fully saturated rings. The van der Waals surface area contributed by atoms with Crippen molar-refractivity contribution in [3.8, 4) is 0 Å². The molecule has 0 saturated carbocycles. The third-order valence-corrected chi connectivity index (χ3v) is 29.6. The number of piperidine rings is 6. The molecule has 6 saturated heterocycles. The van der Waals surface area contributed by atoms with E-state index in [1.807, 2.05) is 118 Å². The van der Waals surface area contributed by atoms with E-state index in [-0.39, 0.29) is 60.1 Å². The standard InChI is InChI=1S/C36H68N2O8.C36H68N2O7.C30H56N2O6/c1-12-13-17-36(18-14-19-42-11,30(39)45-22-15-20-43-28-24-32(2,3)37(10)33(4,5)25-28)31(40)46-23-16-21-44-29-26-34(6,7)38(41)35(8,9)27-29;1-11-12-13-14-15-16-17-18-19-21-36(22-20-23-43-10,30(39)44-28-24-32(2,3)37(41)33(4,5)25-28)31(40)45-29-26-34(6,7)38(42)35(8,9)27-29;1-12-13-15-30(16-14-17-36-11,24(33)37-22-18-26(2,3)31(10)27(4,5)19-22)25(34)38-23-20-28(6,7)32(35)29(8,9)21-23/h28-29,41H,12-27H2,1-11H3;28-29,41-42H,11-27H2,1-10H3;22-23,35H,12-21H2,1-11H3. The molecule has 756 valence electrons. The minimum Gasteiger partial charge on any atom is -0.465 e. The zero-order chi connectivity index (χ0) is 98.1. The maximum absolute atomic E-state index is 14.4. The van der Waals surface area contributed by atoms with Crippen LogP contribution < -0.4 is 0 Å². The molecule has 27 heteroatoms. The maximum atomic E-state index is 14.4. The summed E-state index contributed by atoms with van der Waals surface area (Å²) < 4.78 is 64.9. The lowest BCUT2D eigenvalue weighted by molar-refractivity contribution is -0.263. The van der Waals surface area contributed by atoms with Gasteiger partial charge < -0.3 is 72.9 Å². The highest BCUT2D eigenvalue weighted by molar-refractivity contribution is 6.01. The summed E-state index contributed by atoms with van der Waals surface area (Å²) in [6.07, 6.45) is 24.1. The fourth-order valence-electron chi connectivity index (χ4n) is 22.2. The Balaban J connectivity index is 0.000000407. The topological polar surface area (TPSA) is 304 Å². The van der Waals surface area contributed by atoms with Crippen LogP contribution in [0, 0.1) is 16.2 Å². The van der Waals surface area contributed by atoms with Crippen LogP contribution in [0.2, 0.25) is 0 Å². The van der Waals surface area contributed by atoms with Gasteiger partial charge in [0.1, 0.15) is 24.4 Å². The lowest BCUT2D eigenvalue weighted by Crippen LogP contribution is -2.61. The molecule has 0 spiro atoms.